The molecule has 1 aromatic rings. The molecule has 4 nitrogen and oxygen atoms in total. The van der Waals surface area contributed by atoms with Gasteiger partial charge in [-0.1, -0.05) is 23.2 Å². The number of sulfonamides is 1. The summed E-state index contributed by atoms with van der Waals surface area (Å²) in [7, 11) is -3.83. The average Bonchev–Trinajstić information content (AvgIpc) is 2.88. The van der Waals surface area contributed by atoms with E-state index in [1.54, 1.807) is 0 Å². The summed E-state index contributed by atoms with van der Waals surface area (Å²) in [5.41, 5.74) is 0. The van der Waals surface area contributed by atoms with Crippen molar-refractivity contribution in [2.75, 3.05) is 13.1 Å². The molecule has 0 aliphatic carbocycles. The first-order chi connectivity index (χ1) is 9.42. The summed E-state index contributed by atoms with van der Waals surface area (Å²) < 4.78 is 40.1. The van der Waals surface area contributed by atoms with Crippen molar-refractivity contribution < 1.29 is 12.8 Å². The van der Waals surface area contributed by atoms with Gasteiger partial charge in [0.15, 0.2) is 5.82 Å². The Hall–Kier alpha value is -0.400. The molecule has 0 radical (unpaired) electrons. The Morgan fingerprint density at radius 1 is 1.40 bits per heavy atom. The van der Waals surface area contributed by atoms with E-state index in [1.807, 2.05) is 0 Å². The molecule has 1 fully saturated rings. The van der Waals surface area contributed by atoms with Crippen LogP contribution in [0.4, 0.5) is 4.39 Å². The van der Waals surface area contributed by atoms with Gasteiger partial charge in [0.25, 0.3) is 0 Å². The largest absolute Gasteiger partial charge is 0.314 e. The molecule has 0 bridgehead atoms. The Bertz CT molecular complexity index is 589. The smallest absolute Gasteiger partial charge is 0.242 e. The third kappa shape index (κ3) is 3.62. The first kappa shape index (κ1) is 16.0. The van der Waals surface area contributed by atoms with Crippen LogP contribution in [0.2, 0.25) is 10.0 Å². The SMILES string of the molecule is O=S(=O)(NCC[C@H]1CCCN1)c1ccc(Cl)c(F)c1Cl. The maximum absolute atomic E-state index is 13.5. The van der Waals surface area contributed by atoms with Gasteiger partial charge in [0.2, 0.25) is 10.0 Å². The minimum Gasteiger partial charge on any atom is -0.314 e. The fourth-order valence-corrected chi connectivity index (χ4v) is 3.95. The lowest BCUT2D eigenvalue weighted by molar-refractivity contribution is 0.539. The van der Waals surface area contributed by atoms with E-state index in [1.165, 1.54) is 12.1 Å². The van der Waals surface area contributed by atoms with Crippen LogP contribution in [0.1, 0.15) is 19.3 Å². The van der Waals surface area contributed by atoms with E-state index in [9.17, 15) is 12.8 Å². The van der Waals surface area contributed by atoms with Gasteiger partial charge in [-0.3, -0.25) is 0 Å². The fraction of sp³-hybridized carbons (Fsp3) is 0.500. The average molecular weight is 341 g/mol. The Balaban J connectivity index is 2.04. The van der Waals surface area contributed by atoms with E-state index in [0.29, 0.717) is 12.5 Å². The van der Waals surface area contributed by atoms with Crippen molar-refractivity contribution >= 4 is 33.2 Å². The molecule has 0 aromatic heterocycles. The summed E-state index contributed by atoms with van der Waals surface area (Å²) in [6.45, 7) is 1.24. The molecule has 1 aliphatic rings. The van der Waals surface area contributed by atoms with Gasteiger partial charge >= 0.3 is 0 Å². The van der Waals surface area contributed by atoms with Crippen molar-refractivity contribution in [2.24, 2.45) is 0 Å². The second kappa shape index (κ2) is 6.58. The van der Waals surface area contributed by atoms with Gasteiger partial charge in [-0.15, -0.1) is 0 Å². The van der Waals surface area contributed by atoms with Gasteiger partial charge in [0.05, 0.1) is 10.0 Å². The van der Waals surface area contributed by atoms with Crippen LogP contribution in [-0.2, 0) is 10.0 Å². The predicted octanol–water partition coefficient (Wildman–Crippen LogP) is 2.55. The third-order valence-electron chi connectivity index (χ3n) is 3.24. The first-order valence-electron chi connectivity index (χ1n) is 6.28. The molecule has 0 unspecified atom stereocenters. The summed E-state index contributed by atoms with van der Waals surface area (Å²) in [6.07, 6.45) is 2.83. The van der Waals surface area contributed by atoms with Crippen molar-refractivity contribution in [3.8, 4) is 0 Å². The lowest BCUT2D eigenvalue weighted by atomic mass is 10.2. The van der Waals surface area contributed by atoms with Crippen LogP contribution in [0.15, 0.2) is 17.0 Å². The molecule has 0 amide bonds. The van der Waals surface area contributed by atoms with Crippen molar-refractivity contribution in [1.82, 2.24) is 10.0 Å². The molecule has 20 heavy (non-hydrogen) atoms. The number of rotatable bonds is 5. The van der Waals surface area contributed by atoms with E-state index >= 15 is 0 Å². The van der Waals surface area contributed by atoms with Crippen LogP contribution < -0.4 is 10.0 Å². The van der Waals surface area contributed by atoms with Gasteiger partial charge in [0.1, 0.15) is 4.90 Å². The molecule has 1 aliphatic heterocycles. The van der Waals surface area contributed by atoms with Gasteiger partial charge in [-0.05, 0) is 37.9 Å². The topological polar surface area (TPSA) is 58.2 Å². The molecule has 1 heterocycles. The maximum atomic E-state index is 13.5. The molecule has 112 valence electrons. The highest BCUT2D eigenvalue weighted by atomic mass is 35.5. The van der Waals surface area contributed by atoms with Crippen molar-refractivity contribution in [1.29, 1.82) is 0 Å². The number of hydrogen-bond donors (Lipinski definition) is 2. The lowest BCUT2D eigenvalue weighted by Crippen LogP contribution is -2.30. The zero-order chi connectivity index (χ0) is 14.8. The van der Waals surface area contributed by atoms with Gasteiger partial charge in [0, 0.05) is 12.6 Å². The molecule has 0 saturated carbocycles. The highest BCUT2D eigenvalue weighted by molar-refractivity contribution is 7.89. The monoisotopic (exact) mass is 340 g/mol. The van der Waals surface area contributed by atoms with Crippen LogP contribution >= 0.6 is 23.2 Å². The van der Waals surface area contributed by atoms with E-state index in [-0.39, 0.29) is 16.5 Å². The molecule has 1 saturated heterocycles. The highest BCUT2D eigenvalue weighted by Crippen LogP contribution is 2.29. The first-order valence-corrected chi connectivity index (χ1v) is 8.52. The number of benzene rings is 1. The van der Waals surface area contributed by atoms with Crippen LogP contribution in [0.25, 0.3) is 0 Å². The van der Waals surface area contributed by atoms with Crippen molar-refractivity contribution in [2.45, 2.75) is 30.2 Å². The number of nitrogens with one attached hydrogen (secondary N) is 2. The molecule has 8 heteroatoms. The van der Waals surface area contributed by atoms with Crippen molar-refractivity contribution in [3.05, 3.63) is 28.0 Å². The van der Waals surface area contributed by atoms with E-state index < -0.39 is 20.9 Å². The van der Waals surface area contributed by atoms with Crippen LogP contribution in [0.3, 0.4) is 0 Å². The second-order valence-corrected chi connectivity index (χ2v) is 7.17. The molecular weight excluding hydrogens is 326 g/mol. The highest BCUT2D eigenvalue weighted by Gasteiger charge is 2.22. The molecule has 0 spiro atoms. The Morgan fingerprint density at radius 3 is 2.80 bits per heavy atom. The molecule has 1 atom stereocenters. The Morgan fingerprint density at radius 2 is 2.15 bits per heavy atom. The number of hydrogen-bond acceptors (Lipinski definition) is 3. The predicted molar refractivity (Wildman–Crippen MR) is 77.3 cm³/mol. The molecule has 1 aromatic carbocycles. The van der Waals surface area contributed by atoms with E-state index in [4.69, 9.17) is 23.2 Å². The zero-order valence-electron chi connectivity index (χ0n) is 10.6. The third-order valence-corrected chi connectivity index (χ3v) is 5.51. The Kier molecular flexibility index (Phi) is 5.25. The van der Waals surface area contributed by atoms with E-state index in [2.05, 4.69) is 10.0 Å². The number of halogens is 3. The summed E-state index contributed by atoms with van der Waals surface area (Å²) in [5, 5.41) is 2.59. The fourth-order valence-electron chi connectivity index (χ4n) is 2.16. The standard InChI is InChI=1S/C12H15Cl2FN2O2S/c13-9-3-4-10(11(14)12(9)15)20(18,19)17-7-5-8-2-1-6-16-8/h3-4,8,16-17H,1-2,5-7H2/t8-/m1/s1. The van der Waals surface area contributed by atoms with Crippen LogP contribution in [0.5, 0.6) is 0 Å². The quantitative estimate of drug-likeness (QED) is 0.810. The molecular formula is C12H15Cl2FN2O2S. The molecule has 2 N–H and O–H groups in total. The maximum Gasteiger partial charge on any atom is 0.242 e. The van der Waals surface area contributed by atoms with Crippen LogP contribution in [0, 0.1) is 5.82 Å². The lowest BCUT2D eigenvalue weighted by Gasteiger charge is -2.12. The normalized spacial score (nSPS) is 19.4. The second-order valence-electron chi connectivity index (χ2n) is 4.65. The Labute approximate surface area is 127 Å². The summed E-state index contributed by atoms with van der Waals surface area (Å²) in [5.74, 6) is -0.923. The molecule has 2 rings (SSSR count). The minimum absolute atomic E-state index is 0.205. The summed E-state index contributed by atoms with van der Waals surface area (Å²) in [6, 6.07) is 2.70. The van der Waals surface area contributed by atoms with Crippen LogP contribution in [-0.4, -0.2) is 27.5 Å². The van der Waals surface area contributed by atoms with E-state index in [0.717, 1.165) is 19.4 Å². The zero-order valence-corrected chi connectivity index (χ0v) is 13.0. The van der Waals surface area contributed by atoms with Gasteiger partial charge in [-0.2, -0.15) is 0 Å². The van der Waals surface area contributed by atoms with Gasteiger partial charge < -0.3 is 5.32 Å². The summed E-state index contributed by atoms with van der Waals surface area (Å²) >= 11 is 11.2. The minimum atomic E-state index is -3.83. The van der Waals surface area contributed by atoms with Crippen molar-refractivity contribution in [3.63, 3.8) is 0 Å². The summed E-state index contributed by atoms with van der Waals surface area (Å²) in [4.78, 5) is -0.291. The van der Waals surface area contributed by atoms with Gasteiger partial charge in [-0.25, -0.2) is 17.5 Å².